The average molecular weight is 470 g/mol. The second kappa shape index (κ2) is 9.62. The lowest BCUT2D eigenvalue weighted by Crippen LogP contribution is -2.38. The van der Waals surface area contributed by atoms with E-state index in [4.69, 9.17) is 9.47 Å². The van der Waals surface area contributed by atoms with Crippen molar-refractivity contribution in [3.8, 4) is 17.2 Å². The second-order valence-corrected chi connectivity index (χ2v) is 8.36. The van der Waals surface area contributed by atoms with Gasteiger partial charge in [-0.05, 0) is 61.7 Å². The van der Waals surface area contributed by atoms with Crippen molar-refractivity contribution in [2.24, 2.45) is 0 Å². The summed E-state index contributed by atoms with van der Waals surface area (Å²) in [4.78, 5) is 28.8. The van der Waals surface area contributed by atoms with Crippen molar-refractivity contribution in [2.75, 3.05) is 19.8 Å². The van der Waals surface area contributed by atoms with E-state index in [-0.39, 0.29) is 17.2 Å². The number of nitrogens with zero attached hydrogens (tertiary/aromatic N) is 3. The van der Waals surface area contributed by atoms with Gasteiger partial charge in [0.05, 0.1) is 24.3 Å². The van der Waals surface area contributed by atoms with Crippen LogP contribution in [0.3, 0.4) is 0 Å². The van der Waals surface area contributed by atoms with Gasteiger partial charge in [-0.3, -0.25) is 9.59 Å². The Balaban J connectivity index is 1.55. The standard InChI is InChI=1S/C28H27N3O4/c1-3-34-24-16-19-14-15-30(18-20(19)17-25(24)35-4-2)28(33)26-22-12-8-9-13-23(22)27(32)31(29-26)21-10-6-5-7-11-21/h5-13,16-17H,3-4,14-15,18H2,1-2H3. The molecule has 178 valence electrons. The molecule has 3 aromatic carbocycles. The first kappa shape index (κ1) is 22.7. The van der Waals surface area contributed by atoms with Gasteiger partial charge in [0.1, 0.15) is 0 Å². The summed E-state index contributed by atoms with van der Waals surface area (Å²) in [6.45, 7) is 5.94. The number of hydrogen-bond donors (Lipinski definition) is 0. The molecule has 1 aliphatic heterocycles. The molecule has 0 fully saturated rings. The summed E-state index contributed by atoms with van der Waals surface area (Å²) in [7, 11) is 0. The summed E-state index contributed by atoms with van der Waals surface area (Å²) >= 11 is 0. The topological polar surface area (TPSA) is 73.7 Å². The highest BCUT2D eigenvalue weighted by Gasteiger charge is 2.27. The molecule has 0 aliphatic carbocycles. The quantitative estimate of drug-likeness (QED) is 0.419. The van der Waals surface area contributed by atoms with Crippen LogP contribution in [0.15, 0.2) is 71.5 Å². The Bertz CT molecular complexity index is 1450. The number of hydrogen-bond acceptors (Lipinski definition) is 5. The lowest BCUT2D eigenvalue weighted by atomic mass is 9.98. The molecule has 2 heterocycles. The first-order chi connectivity index (χ1) is 17.1. The van der Waals surface area contributed by atoms with Gasteiger partial charge in [0.2, 0.25) is 0 Å². The van der Waals surface area contributed by atoms with Gasteiger partial charge in [-0.25, -0.2) is 0 Å². The summed E-state index contributed by atoms with van der Waals surface area (Å²) in [5.74, 6) is 1.21. The molecular weight excluding hydrogens is 442 g/mol. The Labute approximate surface area is 203 Å². The highest BCUT2D eigenvalue weighted by molar-refractivity contribution is 6.05. The third-order valence-electron chi connectivity index (χ3n) is 6.17. The Hall–Kier alpha value is -4.13. The van der Waals surface area contributed by atoms with Gasteiger partial charge < -0.3 is 14.4 Å². The molecule has 0 radical (unpaired) electrons. The minimum absolute atomic E-state index is 0.205. The molecule has 4 aromatic rings. The number of para-hydroxylation sites is 1. The Morgan fingerprint density at radius 1 is 0.886 bits per heavy atom. The van der Waals surface area contributed by atoms with E-state index < -0.39 is 0 Å². The monoisotopic (exact) mass is 469 g/mol. The maximum absolute atomic E-state index is 13.8. The summed E-state index contributed by atoms with van der Waals surface area (Å²) in [6.07, 6.45) is 0.698. The minimum Gasteiger partial charge on any atom is -0.490 e. The van der Waals surface area contributed by atoms with Gasteiger partial charge in [0.25, 0.3) is 11.5 Å². The first-order valence-corrected chi connectivity index (χ1v) is 11.9. The number of aromatic nitrogens is 2. The molecule has 0 spiro atoms. The Morgan fingerprint density at radius 2 is 1.51 bits per heavy atom. The average Bonchev–Trinajstić information content (AvgIpc) is 2.89. The van der Waals surface area contributed by atoms with Gasteiger partial charge in [-0.15, -0.1) is 0 Å². The van der Waals surface area contributed by atoms with Crippen LogP contribution in [-0.2, 0) is 13.0 Å². The van der Waals surface area contributed by atoms with Crippen LogP contribution in [0.2, 0.25) is 0 Å². The van der Waals surface area contributed by atoms with E-state index >= 15 is 0 Å². The number of rotatable bonds is 6. The van der Waals surface area contributed by atoms with Crippen LogP contribution in [-0.4, -0.2) is 40.3 Å². The number of benzene rings is 3. The van der Waals surface area contributed by atoms with E-state index in [1.54, 1.807) is 35.2 Å². The Kier molecular flexibility index (Phi) is 6.23. The second-order valence-electron chi connectivity index (χ2n) is 8.36. The fourth-order valence-electron chi connectivity index (χ4n) is 4.52. The van der Waals surface area contributed by atoms with Crippen molar-refractivity contribution in [1.29, 1.82) is 0 Å². The summed E-state index contributed by atoms with van der Waals surface area (Å²) < 4.78 is 12.9. The number of amides is 1. The van der Waals surface area contributed by atoms with Crippen LogP contribution < -0.4 is 15.0 Å². The van der Waals surface area contributed by atoms with E-state index in [1.807, 2.05) is 50.2 Å². The van der Waals surface area contributed by atoms with E-state index in [0.717, 1.165) is 16.9 Å². The van der Waals surface area contributed by atoms with E-state index in [2.05, 4.69) is 5.10 Å². The third kappa shape index (κ3) is 4.25. The van der Waals surface area contributed by atoms with Crippen molar-refractivity contribution in [1.82, 2.24) is 14.7 Å². The van der Waals surface area contributed by atoms with Gasteiger partial charge >= 0.3 is 0 Å². The lowest BCUT2D eigenvalue weighted by molar-refractivity contribution is 0.0728. The van der Waals surface area contributed by atoms with Crippen molar-refractivity contribution in [2.45, 2.75) is 26.8 Å². The molecule has 0 atom stereocenters. The number of fused-ring (bicyclic) bond motifs is 2. The summed E-state index contributed by atoms with van der Waals surface area (Å²) in [6, 6.07) is 20.3. The van der Waals surface area contributed by atoms with Crippen LogP contribution in [0.25, 0.3) is 16.5 Å². The van der Waals surface area contributed by atoms with E-state index in [9.17, 15) is 9.59 Å². The zero-order chi connectivity index (χ0) is 24.4. The van der Waals surface area contributed by atoms with Crippen LogP contribution in [0.1, 0.15) is 35.5 Å². The van der Waals surface area contributed by atoms with E-state index in [0.29, 0.717) is 54.9 Å². The van der Waals surface area contributed by atoms with Crippen LogP contribution >= 0.6 is 0 Å². The van der Waals surface area contributed by atoms with Gasteiger partial charge in [-0.1, -0.05) is 36.4 Å². The molecule has 7 nitrogen and oxygen atoms in total. The van der Waals surface area contributed by atoms with Crippen molar-refractivity contribution in [3.05, 3.63) is 93.9 Å². The number of carbonyl (C=O) groups is 1. The molecule has 7 heteroatoms. The normalized spacial score (nSPS) is 12.9. The molecule has 0 saturated heterocycles. The molecule has 1 aromatic heterocycles. The van der Waals surface area contributed by atoms with Gasteiger partial charge in [0.15, 0.2) is 17.2 Å². The van der Waals surface area contributed by atoms with Crippen LogP contribution in [0.5, 0.6) is 11.5 Å². The molecule has 0 N–H and O–H groups in total. The Morgan fingerprint density at radius 3 is 2.20 bits per heavy atom. The fraction of sp³-hybridized carbons (Fsp3) is 0.250. The summed E-state index contributed by atoms with van der Waals surface area (Å²) in [5, 5.41) is 5.58. The predicted molar refractivity (Wildman–Crippen MR) is 135 cm³/mol. The fourth-order valence-corrected chi connectivity index (χ4v) is 4.52. The predicted octanol–water partition coefficient (Wildman–Crippen LogP) is 4.38. The van der Waals surface area contributed by atoms with E-state index in [1.165, 1.54) is 4.68 Å². The van der Waals surface area contributed by atoms with Gasteiger partial charge in [0, 0.05) is 18.5 Å². The molecule has 0 saturated carbocycles. The molecule has 1 amide bonds. The molecule has 0 bridgehead atoms. The summed E-state index contributed by atoms with van der Waals surface area (Å²) in [5.41, 5.74) is 2.80. The maximum Gasteiger partial charge on any atom is 0.279 e. The zero-order valence-electron chi connectivity index (χ0n) is 19.9. The van der Waals surface area contributed by atoms with Crippen LogP contribution in [0, 0.1) is 0 Å². The molecule has 1 aliphatic rings. The van der Waals surface area contributed by atoms with Crippen LogP contribution in [0.4, 0.5) is 0 Å². The third-order valence-corrected chi connectivity index (χ3v) is 6.17. The molecule has 35 heavy (non-hydrogen) atoms. The SMILES string of the molecule is CCOc1cc2c(cc1OCC)CN(C(=O)c1nn(-c3ccccc3)c(=O)c3ccccc13)CC2. The zero-order valence-corrected chi connectivity index (χ0v) is 19.9. The van der Waals surface area contributed by atoms with Gasteiger partial charge in [-0.2, -0.15) is 9.78 Å². The molecule has 0 unspecified atom stereocenters. The lowest BCUT2D eigenvalue weighted by Gasteiger charge is -2.30. The maximum atomic E-state index is 13.8. The highest BCUT2D eigenvalue weighted by atomic mass is 16.5. The number of carbonyl (C=O) groups excluding carboxylic acids is 1. The van der Waals surface area contributed by atoms with Crippen molar-refractivity contribution in [3.63, 3.8) is 0 Å². The highest BCUT2D eigenvalue weighted by Crippen LogP contribution is 2.34. The smallest absolute Gasteiger partial charge is 0.279 e. The molecule has 5 rings (SSSR count). The first-order valence-electron chi connectivity index (χ1n) is 11.9. The largest absolute Gasteiger partial charge is 0.490 e. The molecular formula is C28H27N3O4. The minimum atomic E-state index is -0.253. The van der Waals surface area contributed by atoms with Crippen molar-refractivity contribution < 1.29 is 14.3 Å². The number of ether oxygens (including phenoxy) is 2. The van der Waals surface area contributed by atoms with Crippen molar-refractivity contribution >= 4 is 16.7 Å².